The molecule has 1 aliphatic heterocycles. The molecular formula is C15H21N3O. The second-order valence-corrected chi connectivity index (χ2v) is 5.45. The van der Waals surface area contributed by atoms with E-state index in [4.69, 9.17) is 10.2 Å². The third-order valence-corrected chi connectivity index (χ3v) is 3.90. The highest BCUT2D eigenvalue weighted by Crippen LogP contribution is 2.24. The molecule has 1 fully saturated rings. The second-order valence-electron chi connectivity index (χ2n) is 5.45. The zero-order valence-electron chi connectivity index (χ0n) is 11.4. The minimum atomic E-state index is 0.0667. The van der Waals surface area contributed by atoms with E-state index in [0.29, 0.717) is 11.9 Å². The predicted molar refractivity (Wildman–Crippen MR) is 75.9 cm³/mol. The normalized spacial score (nSPS) is 21.7. The number of hydrogen-bond acceptors (Lipinski definition) is 4. The van der Waals surface area contributed by atoms with E-state index in [9.17, 15) is 0 Å². The zero-order valence-corrected chi connectivity index (χ0v) is 11.4. The maximum Gasteiger partial charge on any atom is 0.192 e. The molecule has 1 aromatic carbocycles. The van der Waals surface area contributed by atoms with Gasteiger partial charge in [-0.3, -0.25) is 0 Å². The summed E-state index contributed by atoms with van der Waals surface area (Å²) in [5.74, 6) is 0.703. The molecule has 3 N–H and O–H groups in total. The number of nitrogens with one attached hydrogen (secondary N) is 1. The fraction of sp³-hybridized carbons (Fsp3) is 0.533. The van der Waals surface area contributed by atoms with Crippen LogP contribution in [0.15, 0.2) is 22.6 Å². The highest BCUT2D eigenvalue weighted by atomic mass is 16.3. The molecule has 2 atom stereocenters. The largest absolute Gasteiger partial charge is 0.441 e. The molecule has 2 unspecified atom stereocenters. The highest BCUT2D eigenvalue weighted by molar-refractivity contribution is 5.73. The van der Waals surface area contributed by atoms with Crippen molar-refractivity contribution in [3.8, 4) is 0 Å². The summed E-state index contributed by atoms with van der Waals surface area (Å²) in [6, 6.07) is 6.70. The Morgan fingerprint density at radius 2 is 2.37 bits per heavy atom. The van der Waals surface area contributed by atoms with E-state index in [2.05, 4.69) is 22.4 Å². The summed E-state index contributed by atoms with van der Waals surface area (Å²) in [7, 11) is 0. The molecule has 4 heteroatoms. The molecule has 19 heavy (non-hydrogen) atoms. The number of fused-ring (bicyclic) bond motifs is 1. The number of aromatic nitrogens is 1. The molecule has 0 bridgehead atoms. The Bertz CT molecular complexity index is 558. The Balaban J connectivity index is 1.74. The molecular weight excluding hydrogens is 238 g/mol. The van der Waals surface area contributed by atoms with Crippen LogP contribution in [0.3, 0.4) is 0 Å². The summed E-state index contributed by atoms with van der Waals surface area (Å²) in [4.78, 5) is 4.37. The summed E-state index contributed by atoms with van der Waals surface area (Å²) < 4.78 is 5.49. The molecule has 0 spiro atoms. The van der Waals surface area contributed by atoms with E-state index in [1.807, 2.05) is 13.0 Å². The number of nitrogens with zero attached hydrogens (tertiary/aromatic N) is 1. The van der Waals surface area contributed by atoms with Crippen LogP contribution in [-0.4, -0.2) is 17.6 Å². The molecule has 0 aliphatic carbocycles. The molecule has 1 aliphatic rings. The smallest absolute Gasteiger partial charge is 0.192 e. The SMILES string of the molecule is Cc1nc2cc(C(N)CC3CCCCN3)ccc2o1. The van der Waals surface area contributed by atoms with E-state index in [1.54, 1.807) is 0 Å². The van der Waals surface area contributed by atoms with Crippen molar-refractivity contribution in [2.45, 2.75) is 44.7 Å². The van der Waals surface area contributed by atoms with Crippen molar-refractivity contribution in [1.82, 2.24) is 10.3 Å². The lowest BCUT2D eigenvalue weighted by atomic mass is 9.94. The van der Waals surface area contributed by atoms with Gasteiger partial charge in [0, 0.05) is 19.0 Å². The monoisotopic (exact) mass is 259 g/mol. The van der Waals surface area contributed by atoms with Gasteiger partial charge in [-0.2, -0.15) is 0 Å². The van der Waals surface area contributed by atoms with Gasteiger partial charge in [0.2, 0.25) is 0 Å². The molecule has 4 nitrogen and oxygen atoms in total. The van der Waals surface area contributed by atoms with Crippen LogP contribution in [0, 0.1) is 6.92 Å². The van der Waals surface area contributed by atoms with Gasteiger partial charge in [-0.25, -0.2) is 4.98 Å². The van der Waals surface area contributed by atoms with E-state index >= 15 is 0 Å². The van der Waals surface area contributed by atoms with E-state index < -0.39 is 0 Å². The van der Waals surface area contributed by atoms with Crippen LogP contribution >= 0.6 is 0 Å². The first-order valence-electron chi connectivity index (χ1n) is 7.08. The van der Waals surface area contributed by atoms with Crippen molar-refractivity contribution in [3.63, 3.8) is 0 Å². The molecule has 0 amide bonds. The third kappa shape index (κ3) is 2.80. The maximum atomic E-state index is 6.33. The van der Waals surface area contributed by atoms with Crippen LogP contribution in [0.5, 0.6) is 0 Å². The molecule has 2 heterocycles. The van der Waals surface area contributed by atoms with Crippen LogP contribution in [0.25, 0.3) is 11.1 Å². The van der Waals surface area contributed by atoms with Crippen molar-refractivity contribution in [2.75, 3.05) is 6.54 Å². The van der Waals surface area contributed by atoms with Gasteiger partial charge in [0.1, 0.15) is 5.52 Å². The lowest BCUT2D eigenvalue weighted by Gasteiger charge is -2.26. The summed E-state index contributed by atoms with van der Waals surface area (Å²) in [6.07, 6.45) is 4.82. The van der Waals surface area contributed by atoms with Gasteiger partial charge >= 0.3 is 0 Å². The van der Waals surface area contributed by atoms with Crippen LogP contribution in [0.2, 0.25) is 0 Å². The minimum Gasteiger partial charge on any atom is -0.441 e. The topological polar surface area (TPSA) is 64.1 Å². The molecule has 0 saturated carbocycles. The van der Waals surface area contributed by atoms with Gasteiger partial charge in [-0.15, -0.1) is 0 Å². The van der Waals surface area contributed by atoms with Crippen molar-refractivity contribution >= 4 is 11.1 Å². The Kier molecular flexibility index (Phi) is 3.53. The van der Waals surface area contributed by atoms with Gasteiger partial charge < -0.3 is 15.5 Å². The van der Waals surface area contributed by atoms with Gasteiger partial charge in [0.25, 0.3) is 0 Å². The predicted octanol–water partition coefficient (Wildman–Crippen LogP) is 2.67. The number of benzene rings is 1. The first-order chi connectivity index (χ1) is 9.22. The Morgan fingerprint density at radius 3 is 3.16 bits per heavy atom. The summed E-state index contributed by atoms with van der Waals surface area (Å²) in [6.45, 7) is 2.99. The average molecular weight is 259 g/mol. The number of aryl methyl sites for hydroxylation is 1. The standard InChI is InChI=1S/C15H21N3O/c1-10-18-14-8-11(5-6-15(14)19-10)13(16)9-12-4-2-3-7-17-12/h5-6,8,12-13,17H,2-4,7,9,16H2,1H3. The van der Waals surface area contributed by atoms with Crippen LogP contribution < -0.4 is 11.1 Å². The number of nitrogens with two attached hydrogens (primary N) is 1. The molecule has 0 radical (unpaired) electrons. The van der Waals surface area contributed by atoms with Crippen molar-refractivity contribution in [2.24, 2.45) is 5.73 Å². The van der Waals surface area contributed by atoms with Gasteiger partial charge in [-0.1, -0.05) is 12.5 Å². The lowest BCUT2D eigenvalue weighted by molar-refractivity contribution is 0.362. The first-order valence-corrected chi connectivity index (χ1v) is 7.08. The van der Waals surface area contributed by atoms with E-state index in [-0.39, 0.29) is 6.04 Å². The van der Waals surface area contributed by atoms with Crippen LogP contribution in [0.4, 0.5) is 0 Å². The Labute approximate surface area is 113 Å². The minimum absolute atomic E-state index is 0.0667. The fourth-order valence-electron chi connectivity index (χ4n) is 2.86. The van der Waals surface area contributed by atoms with Crippen molar-refractivity contribution < 1.29 is 4.42 Å². The number of piperidine rings is 1. The van der Waals surface area contributed by atoms with Crippen molar-refractivity contribution in [3.05, 3.63) is 29.7 Å². The molecule has 2 aromatic rings. The number of oxazole rings is 1. The quantitative estimate of drug-likeness (QED) is 0.889. The zero-order chi connectivity index (χ0) is 13.2. The van der Waals surface area contributed by atoms with Crippen LogP contribution in [0.1, 0.15) is 43.2 Å². The van der Waals surface area contributed by atoms with Crippen LogP contribution in [-0.2, 0) is 0 Å². The number of hydrogen-bond donors (Lipinski definition) is 2. The second kappa shape index (κ2) is 5.31. The first kappa shape index (κ1) is 12.6. The molecule has 3 rings (SSSR count). The summed E-state index contributed by atoms with van der Waals surface area (Å²) in [5.41, 5.74) is 9.21. The average Bonchev–Trinajstić information content (AvgIpc) is 2.78. The lowest BCUT2D eigenvalue weighted by Crippen LogP contribution is -2.36. The highest BCUT2D eigenvalue weighted by Gasteiger charge is 2.17. The van der Waals surface area contributed by atoms with Gasteiger partial charge in [-0.05, 0) is 43.5 Å². The van der Waals surface area contributed by atoms with E-state index in [1.165, 1.54) is 19.3 Å². The summed E-state index contributed by atoms with van der Waals surface area (Å²) in [5, 5.41) is 3.55. The van der Waals surface area contributed by atoms with Gasteiger partial charge in [0.05, 0.1) is 0 Å². The molecule has 1 saturated heterocycles. The molecule has 1 aromatic heterocycles. The van der Waals surface area contributed by atoms with Crippen molar-refractivity contribution in [1.29, 1.82) is 0 Å². The Hall–Kier alpha value is -1.39. The maximum absolute atomic E-state index is 6.33. The Morgan fingerprint density at radius 1 is 1.47 bits per heavy atom. The number of rotatable bonds is 3. The third-order valence-electron chi connectivity index (χ3n) is 3.90. The van der Waals surface area contributed by atoms with Gasteiger partial charge in [0.15, 0.2) is 11.5 Å². The van der Waals surface area contributed by atoms with E-state index in [0.717, 1.165) is 29.6 Å². The fourth-order valence-corrected chi connectivity index (χ4v) is 2.86. The summed E-state index contributed by atoms with van der Waals surface area (Å²) >= 11 is 0. The molecule has 102 valence electrons.